The molecule has 0 fully saturated rings. The minimum atomic E-state index is -0.205. The summed E-state index contributed by atoms with van der Waals surface area (Å²) < 4.78 is 0. The Morgan fingerprint density at radius 2 is 2.00 bits per heavy atom. The molecular formula is C12H15ClO. The number of carbonyl (C=O) groups excluding carboxylic acids is 1. The number of benzene rings is 1. The van der Waals surface area contributed by atoms with Crippen molar-refractivity contribution in [3.63, 3.8) is 0 Å². The lowest BCUT2D eigenvalue weighted by atomic mass is 9.98. The summed E-state index contributed by atoms with van der Waals surface area (Å²) in [7, 11) is 0. The van der Waals surface area contributed by atoms with Gasteiger partial charge in [-0.05, 0) is 36.4 Å². The first-order chi connectivity index (χ1) is 6.74. The van der Waals surface area contributed by atoms with Gasteiger partial charge in [0, 0.05) is 5.92 Å². The molecule has 0 saturated heterocycles. The first-order valence-electron chi connectivity index (χ1n) is 4.97. The van der Waals surface area contributed by atoms with Crippen LogP contribution in [0.25, 0.3) is 0 Å². The molecule has 1 atom stereocenters. The standard InChI is InChI=1S/C12H15ClO/c1-2-11(12(13)14)9-8-10-6-4-3-5-7-10/h3-7,11H,2,8-9H2,1H3. The molecule has 1 nitrogen and oxygen atoms in total. The van der Waals surface area contributed by atoms with Crippen LogP contribution in [-0.2, 0) is 11.2 Å². The van der Waals surface area contributed by atoms with Gasteiger partial charge in [0.05, 0.1) is 0 Å². The van der Waals surface area contributed by atoms with E-state index in [2.05, 4.69) is 12.1 Å². The number of rotatable bonds is 5. The van der Waals surface area contributed by atoms with Gasteiger partial charge in [-0.1, -0.05) is 37.3 Å². The van der Waals surface area contributed by atoms with Gasteiger partial charge < -0.3 is 0 Å². The molecule has 0 saturated carbocycles. The third kappa shape index (κ3) is 3.51. The summed E-state index contributed by atoms with van der Waals surface area (Å²) in [5.74, 6) is 0.0110. The average molecular weight is 211 g/mol. The molecule has 0 N–H and O–H groups in total. The van der Waals surface area contributed by atoms with Gasteiger partial charge in [-0.2, -0.15) is 0 Å². The van der Waals surface area contributed by atoms with E-state index in [4.69, 9.17) is 11.6 Å². The Balaban J connectivity index is 2.44. The number of hydrogen-bond donors (Lipinski definition) is 0. The summed E-state index contributed by atoms with van der Waals surface area (Å²) in [6.07, 6.45) is 2.61. The monoisotopic (exact) mass is 210 g/mol. The molecule has 1 aromatic rings. The molecule has 14 heavy (non-hydrogen) atoms. The van der Waals surface area contributed by atoms with E-state index in [1.807, 2.05) is 25.1 Å². The highest BCUT2D eigenvalue weighted by Gasteiger charge is 2.13. The summed E-state index contributed by atoms with van der Waals surface area (Å²) in [5, 5.41) is -0.205. The lowest BCUT2D eigenvalue weighted by Gasteiger charge is -2.08. The lowest BCUT2D eigenvalue weighted by Crippen LogP contribution is -2.08. The van der Waals surface area contributed by atoms with Crippen molar-refractivity contribution in [2.75, 3.05) is 0 Å². The smallest absolute Gasteiger partial charge is 0.224 e. The number of carbonyl (C=O) groups is 1. The fourth-order valence-corrected chi connectivity index (χ4v) is 1.73. The van der Waals surface area contributed by atoms with Crippen molar-refractivity contribution >= 4 is 16.8 Å². The van der Waals surface area contributed by atoms with Crippen molar-refractivity contribution in [3.05, 3.63) is 35.9 Å². The SMILES string of the molecule is CCC(CCc1ccccc1)C(=O)Cl. The Morgan fingerprint density at radius 1 is 1.36 bits per heavy atom. The Kier molecular flexibility index (Phi) is 4.68. The van der Waals surface area contributed by atoms with E-state index in [1.165, 1.54) is 5.56 Å². The summed E-state index contributed by atoms with van der Waals surface area (Å²) in [6, 6.07) is 10.2. The molecule has 0 heterocycles. The highest BCUT2D eigenvalue weighted by molar-refractivity contribution is 6.63. The van der Waals surface area contributed by atoms with Crippen LogP contribution >= 0.6 is 11.6 Å². The largest absolute Gasteiger partial charge is 0.281 e. The van der Waals surface area contributed by atoms with E-state index >= 15 is 0 Å². The fraction of sp³-hybridized carbons (Fsp3) is 0.417. The zero-order valence-corrected chi connectivity index (χ0v) is 9.13. The third-order valence-electron chi connectivity index (χ3n) is 2.44. The number of halogens is 1. The zero-order valence-electron chi connectivity index (χ0n) is 8.37. The van der Waals surface area contributed by atoms with Crippen molar-refractivity contribution in [1.82, 2.24) is 0 Å². The van der Waals surface area contributed by atoms with Crippen LogP contribution in [0.15, 0.2) is 30.3 Å². The van der Waals surface area contributed by atoms with Crippen molar-refractivity contribution in [2.45, 2.75) is 26.2 Å². The molecule has 0 aliphatic heterocycles. The highest BCUT2D eigenvalue weighted by atomic mass is 35.5. The molecule has 0 radical (unpaired) electrons. The molecule has 1 unspecified atom stereocenters. The van der Waals surface area contributed by atoms with Crippen LogP contribution in [0.5, 0.6) is 0 Å². The van der Waals surface area contributed by atoms with E-state index in [-0.39, 0.29) is 11.2 Å². The third-order valence-corrected chi connectivity index (χ3v) is 2.75. The normalized spacial score (nSPS) is 12.4. The van der Waals surface area contributed by atoms with Crippen molar-refractivity contribution in [1.29, 1.82) is 0 Å². The molecule has 0 aromatic heterocycles. The highest BCUT2D eigenvalue weighted by Crippen LogP contribution is 2.15. The molecule has 76 valence electrons. The van der Waals surface area contributed by atoms with E-state index in [1.54, 1.807) is 0 Å². The lowest BCUT2D eigenvalue weighted by molar-refractivity contribution is -0.115. The maximum absolute atomic E-state index is 11.0. The quantitative estimate of drug-likeness (QED) is 0.681. The molecule has 1 aromatic carbocycles. The van der Waals surface area contributed by atoms with Crippen LogP contribution in [0.2, 0.25) is 0 Å². The maximum atomic E-state index is 11.0. The Bertz CT molecular complexity index is 282. The molecule has 1 rings (SSSR count). The van der Waals surface area contributed by atoms with Gasteiger partial charge in [0.1, 0.15) is 0 Å². The van der Waals surface area contributed by atoms with E-state index < -0.39 is 0 Å². The second-order valence-corrected chi connectivity index (χ2v) is 3.81. The average Bonchev–Trinajstić information content (AvgIpc) is 2.20. The van der Waals surface area contributed by atoms with Gasteiger partial charge in [0.25, 0.3) is 0 Å². The zero-order chi connectivity index (χ0) is 10.4. The molecule has 0 amide bonds. The van der Waals surface area contributed by atoms with Gasteiger partial charge in [-0.15, -0.1) is 0 Å². The topological polar surface area (TPSA) is 17.1 Å². The number of aryl methyl sites for hydroxylation is 1. The maximum Gasteiger partial charge on any atom is 0.224 e. The van der Waals surface area contributed by atoms with Gasteiger partial charge in [0.15, 0.2) is 0 Å². The molecule has 0 aliphatic rings. The van der Waals surface area contributed by atoms with Crippen LogP contribution in [0.3, 0.4) is 0 Å². The Labute approximate surface area is 90.1 Å². The van der Waals surface area contributed by atoms with Crippen molar-refractivity contribution in [2.24, 2.45) is 5.92 Å². The van der Waals surface area contributed by atoms with Gasteiger partial charge in [0.2, 0.25) is 5.24 Å². The van der Waals surface area contributed by atoms with Crippen molar-refractivity contribution in [3.8, 4) is 0 Å². The predicted octanol–water partition coefficient (Wildman–Crippen LogP) is 3.41. The van der Waals surface area contributed by atoms with E-state index in [9.17, 15) is 4.79 Å². The first kappa shape index (κ1) is 11.3. The second kappa shape index (κ2) is 5.82. The molecule has 2 heteroatoms. The summed E-state index contributed by atoms with van der Waals surface area (Å²) in [4.78, 5) is 11.0. The van der Waals surface area contributed by atoms with Crippen molar-refractivity contribution < 1.29 is 4.79 Å². The van der Waals surface area contributed by atoms with Crippen LogP contribution in [0.4, 0.5) is 0 Å². The van der Waals surface area contributed by atoms with Crippen LogP contribution in [-0.4, -0.2) is 5.24 Å². The minimum absolute atomic E-state index is 0.0110. The van der Waals surface area contributed by atoms with Gasteiger partial charge in [-0.3, -0.25) is 4.79 Å². The Morgan fingerprint density at radius 3 is 2.50 bits per heavy atom. The van der Waals surface area contributed by atoms with Gasteiger partial charge in [-0.25, -0.2) is 0 Å². The molecule has 0 aliphatic carbocycles. The fourth-order valence-electron chi connectivity index (χ4n) is 1.46. The number of hydrogen-bond acceptors (Lipinski definition) is 1. The molecule has 0 bridgehead atoms. The van der Waals surface area contributed by atoms with Crippen LogP contribution in [0.1, 0.15) is 25.3 Å². The minimum Gasteiger partial charge on any atom is -0.281 e. The summed E-state index contributed by atoms with van der Waals surface area (Å²) in [5.41, 5.74) is 1.27. The van der Waals surface area contributed by atoms with Crippen LogP contribution in [0, 0.1) is 5.92 Å². The molecule has 0 spiro atoms. The van der Waals surface area contributed by atoms with Gasteiger partial charge >= 0.3 is 0 Å². The summed E-state index contributed by atoms with van der Waals surface area (Å²) in [6.45, 7) is 2.00. The second-order valence-electron chi connectivity index (χ2n) is 3.43. The van der Waals surface area contributed by atoms with E-state index in [0.29, 0.717) is 0 Å². The summed E-state index contributed by atoms with van der Waals surface area (Å²) >= 11 is 5.47. The van der Waals surface area contributed by atoms with E-state index in [0.717, 1.165) is 19.3 Å². The Hall–Kier alpha value is -0.820. The first-order valence-corrected chi connectivity index (χ1v) is 5.35. The molecular weight excluding hydrogens is 196 g/mol. The van der Waals surface area contributed by atoms with Crippen LogP contribution < -0.4 is 0 Å². The predicted molar refractivity (Wildman–Crippen MR) is 59.4 cm³/mol.